The van der Waals surface area contributed by atoms with Crippen LogP contribution in [-0.4, -0.2) is 19.3 Å². The smallest absolute Gasteiger partial charge is 0.261 e. The van der Waals surface area contributed by atoms with E-state index in [-0.39, 0.29) is 16.2 Å². The number of pyridine rings is 1. The second-order valence-corrected chi connectivity index (χ2v) is 10.0. The molecule has 2 aromatic carbocycles. The van der Waals surface area contributed by atoms with Gasteiger partial charge in [0.1, 0.15) is 0 Å². The highest BCUT2D eigenvalue weighted by Gasteiger charge is 2.15. The number of hydrogen-bond acceptors (Lipinski definition) is 4. The van der Waals surface area contributed by atoms with Crippen molar-refractivity contribution in [1.29, 1.82) is 0 Å². The van der Waals surface area contributed by atoms with Crippen molar-refractivity contribution in [1.82, 2.24) is 4.98 Å². The van der Waals surface area contributed by atoms with E-state index in [9.17, 15) is 13.2 Å². The third-order valence-electron chi connectivity index (χ3n) is 4.82. The zero-order valence-electron chi connectivity index (χ0n) is 17.9. The summed E-state index contributed by atoms with van der Waals surface area (Å²) in [7, 11) is -3.72. The van der Waals surface area contributed by atoms with Gasteiger partial charge in [-0.3, -0.25) is 14.5 Å². The molecule has 0 spiro atoms. The standard InChI is InChI=1S/C24H27N3O3S/c1-24(2,3)19-9-6-18(7-10-19)8-15-23(28)26-20-11-13-22(14-12-20)31(29,30)27-21-5-4-16-25-17-21/h4-7,9-14,16-17,27H,8,15H2,1-3H3,(H,26,28). The maximum Gasteiger partial charge on any atom is 0.261 e. The monoisotopic (exact) mass is 437 g/mol. The number of hydrogen-bond donors (Lipinski definition) is 2. The molecule has 3 rings (SSSR count). The van der Waals surface area contributed by atoms with E-state index in [1.807, 2.05) is 0 Å². The van der Waals surface area contributed by atoms with Crippen LogP contribution < -0.4 is 10.0 Å². The van der Waals surface area contributed by atoms with E-state index >= 15 is 0 Å². The molecule has 0 radical (unpaired) electrons. The molecule has 0 bridgehead atoms. The van der Waals surface area contributed by atoms with Crippen LogP contribution in [0, 0.1) is 0 Å². The molecule has 6 nitrogen and oxygen atoms in total. The molecule has 162 valence electrons. The zero-order chi connectivity index (χ0) is 22.5. The Morgan fingerprint density at radius 3 is 2.19 bits per heavy atom. The molecule has 31 heavy (non-hydrogen) atoms. The van der Waals surface area contributed by atoms with Gasteiger partial charge in [0.15, 0.2) is 0 Å². The van der Waals surface area contributed by atoms with Crippen molar-refractivity contribution in [2.24, 2.45) is 0 Å². The molecule has 0 saturated heterocycles. The summed E-state index contributed by atoms with van der Waals surface area (Å²) in [5.74, 6) is -0.121. The molecule has 2 N–H and O–H groups in total. The molecular formula is C24H27N3O3S. The third-order valence-corrected chi connectivity index (χ3v) is 6.22. The molecule has 1 heterocycles. The Morgan fingerprint density at radius 2 is 1.61 bits per heavy atom. The van der Waals surface area contributed by atoms with Gasteiger partial charge in [0.25, 0.3) is 10.0 Å². The van der Waals surface area contributed by atoms with Crippen LogP contribution in [0.1, 0.15) is 38.3 Å². The molecule has 0 aliphatic rings. The highest BCUT2D eigenvalue weighted by molar-refractivity contribution is 7.92. The number of carbonyl (C=O) groups is 1. The molecule has 0 atom stereocenters. The van der Waals surface area contributed by atoms with E-state index in [1.165, 1.54) is 23.9 Å². The van der Waals surface area contributed by atoms with E-state index in [4.69, 9.17) is 0 Å². The number of benzene rings is 2. The molecule has 7 heteroatoms. The first-order valence-electron chi connectivity index (χ1n) is 10.1. The van der Waals surface area contributed by atoms with E-state index in [1.54, 1.807) is 30.5 Å². The number of nitrogens with one attached hydrogen (secondary N) is 2. The van der Waals surface area contributed by atoms with Crippen LogP contribution in [0.2, 0.25) is 0 Å². The topological polar surface area (TPSA) is 88.2 Å². The first-order chi connectivity index (χ1) is 14.6. The number of nitrogens with zero attached hydrogens (tertiary/aromatic N) is 1. The molecule has 0 aliphatic carbocycles. The number of amides is 1. The lowest BCUT2D eigenvalue weighted by Gasteiger charge is -2.19. The molecule has 0 saturated carbocycles. The molecule has 3 aromatic rings. The van der Waals surface area contributed by atoms with Gasteiger partial charge in [-0.2, -0.15) is 0 Å². The fourth-order valence-corrected chi connectivity index (χ4v) is 4.05. The summed E-state index contributed by atoms with van der Waals surface area (Å²) in [5.41, 5.74) is 3.40. The molecule has 0 aliphatic heterocycles. The maximum atomic E-state index is 12.5. The van der Waals surface area contributed by atoms with Crippen LogP contribution >= 0.6 is 0 Å². The summed E-state index contributed by atoms with van der Waals surface area (Å²) in [4.78, 5) is 16.3. The lowest BCUT2D eigenvalue weighted by Crippen LogP contribution is -2.14. The van der Waals surface area contributed by atoms with Gasteiger partial charge >= 0.3 is 0 Å². The summed E-state index contributed by atoms with van der Waals surface area (Å²) >= 11 is 0. The van der Waals surface area contributed by atoms with Crippen LogP contribution in [0.4, 0.5) is 11.4 Å². The molecule has 0 unspecified atom stereocenters. The van der Waals surface area contributed by atoms with Gasteiger partial charge in [-0.25, -0.2) is 8.42 Å². The minimum atomic E-state index is -3.72. The van der Waals surface area contributed by atoms with Gasteiger partial charge in [-0.1, -0.05) is 45.0 Å². The van der Waals surface area contributed by atoms with Gasteiger partial charge in [-0.05, 0) is 59.4 Å². The van der Waals surface area contributed by atoms with Crippen LogP contribution in [0.3, 0.4) is 0 Å². The normalized spacial score (nSPS) is 11.7. The lowest BCUT2D eigenvalue weighted by molar-refractivity contribution is -0.116. The minimum Gasteiger partial charge on any atom is -0.326 e. The van der Waals surface area contributed by atoms with Crippen molar-refractivity contribution in [2.45, 2.75) is 43.9 Å². The van der Waals surface area contributed by atoms with Crippen molar-refractivity contribution < 1.29 is 13.2 Å². The fourth-order valence-electron chi connectivity index (χ4n) is 3.01. The minimum absolute atomic E-state index is 0.100. The van der Waals surface area contributed by atoms with Gasteiger partial charge in [-0.15, -0.1) is 0 Å². The van der Waals surface area contributed by atoms with E-state index in [0.29, 0.717) is 24.2 Å². The number of anilines is 2. The number of carbonyl (C=O) groups excluding carboxylic acids is 1. The van der Waals surface area contributed by atoms with Crippen LogP contribution in [0.25, 0.3) is 0 Å². The SMILES string of the molecule is CC(C)(C)c1ccc(CCC(=O)Nc2ccc(S(=O)(=O)Nc3cccnc3)cc2)cc1. The predicted octanol–water partition coefficient (Wildman–Crippen LogP) is 4.75. The number of aromatic nitrogens is 1. The Labute approximate surface area is 183 Å². The zero-order valence-corrected chi connectivity index (χ0v) is 18.7. The van der Waals surface area contributed by atoms with Crippen molar-refractivity contribution in [2.75, 3.05) is 10.0 Å². The quantitative estimate of drug-likeness (QED) is 0.558. The molecular weight excluding hydrogens is 410 g/mol. The Bertz CT molecular complexity index is 1120. The highest BCUT2D eigenvalue weighted by Crippen LogP contribution is 2.22. The van der Waals surface area contributed by atoms with Crippen LogP contribution in [-0.2, 0) is 26.7 Å². The molecule has 1 amide bonds. The Morgan fingerprint density at radius 1 is 0.935 bits per heavy atom. The third kappa shape index (κ3) is 6.39. The van der Waals surface area contributed by atoms with Gasteiger partial charge < -0.3 is 5.32 Å². The van der Waals surface area contributed by atoms with Crippen LogP contribution in [0.15, 0.2) is 78.0 Å². The Hall–Kier alpha value is -3.19. The maximum absolute atomic E-state index is 12.5. The van der Waals surface area contributed by atoms with Gasteiger partial charge in [0, 0.05) is 18.3 Å². The van der Waals surface area contributed by atoms with Gasteiger partial charge in [0.05, 0.1) is 16.8 Å². The fraction of sp³-hybridized carbons (Fsp3) is 0.250. The molecule has 1 aromatic heterocycles. The average molecular weight is 438 g/mol. The average Bonchev–Trinajstić information content (AvgIpc) is 2.73. The summed E-state index contributed by atoms with van der Waals surface area (Å²) in [6, 6.07) is 17.7. The first-order valence-corrected chi connectivity index (χ1v) is 11.5. The summed E-state index contributed by atoms with van der Waals surface area (Å²) < 4.78 is 27.4. The predicted molar refractivity (Wildman–Crippen MR) is 124 cm³/mol. The number of rotatable bonds is 7. The first kappa shape index (κ1) is 22.5. The number of aryl methyl sites for hydroxylation is 1. The second kappa shape index (κ2) is 9.31. The van der Waals surface area contributed by atoms with Crippen molar-refractivity contribution in [3.63, 3.8) is 0 Å². The lowest BCUT2D eigenvalue weighted by atomic mass is 9.86. The van der Waals surface area contributed by atoms with Crippen LogP contribution in [0.5, 0.6) is 0 Å². The largest absolute Gasteiger partial charge is 0.326 e. The summed E-state index contributed by atoms with van der Waals surface area (Å²) in [5, 5.41) is 2.81. The summed E-state index contributed by atoms with van der Waals surface area (Å²) in [6.07, 6.45) is 3.98. The van der Waals surface area contributed by atoms with Crippen molar-refractivity contribution >= 4 is 27.3 Å². The van der Waals surface area contributed by atoms with Crippen molar-refractivity contribution in [3.8, 4) is 0 Å². The Kier molecular flexibility index (Phi) is 6.75. The van der Waals surface area contributed by atoms with E-state index in [0.717, 1.165) is 5.56 Å². The van der Waals surface area contributed by atoms with E-state index in [2.05, 4.69) is 60.1 Å². The Balaban J connectivity index is 1.55. The van der Waals surface area contributed by atoms with E-state index < -0.39 is 10.0 Å². The number of sulfonamides is 1. The van der Waals surface area contributed by atoms with Gasteiger partial charge in [0.2, 0.25) is 5.91 Å². The second-order valence-electron chi connectivity index (χ2n) is 8.37. The highest BCUT2D eigenvalue weighted by atomic mass is 32.2. The molecule has 0 fully saturated rings. The van der Waals surface area contributed by atoms with Crippen molar-refractivity contribution in [3.05, 3.63) is 84.2 Å². The summed E-state index contributed by atoms with van der Waals surface area (Å²) in [6.45, 7) is 6.50.